The molecule has 25 heavy (non-hydrogen) atoms. The number of hydrogen-bond acceptors (Lipinski definition) is 4. The molecule has 5 nitrogen and oxygen atoms in total. The van der Waals surface area contributed by atoms with Crippen LogP contribution in [0.5, 0.6) is 0 Å². The molecule has 130 valence electrons. The highest BCUT2D eigenvalue weighted by Gasteiger charge is 2.13. The van der Waals surface area contributed by atoms with Crippen molar-refractivity contribution in [3.8, 4) is 0 Å². The minimum absolute atomic E-state index is 0.736. The van der Waals surface area contributed by atoms with Crippen molar-refractivity contribution in [3.63, 3.8) is 0 Å². The fourth-order valence-corrected chi connectivity index (χ4v) is 3.31. The summed E-state index contributed by atoms with van der Waals surface area (Å²) in [5.74, 6) is 0. The number of anilines is 1. The molecule has 0 atom stereocenters. The van der Waals surface area contributed by atoms with Gasteiger partial charge < -0.3 is 14.6 Å². The molecule has 2 aromatic heterocycles. The number of imidazole rings is 1. The van der Waals surface area contributed by atoms with Crippen molar-refractivity contribution in [2.45, 2.75) is 13.1 Å². The van der Waals surface area contributed by atoms with E-state index in [1.807, 2.05) is 24.4 Å². The number of rotatable bonds is 5. The van der Waals surface area contributed by atoms with E-state index in [-0.39, 0.29) is 0 Å². The van der Waals surface area contributed by atoms with Gasteiger partial charge in [0.05, 0.1) is 12.2 Å². The summed E-state index contributed by atoms with van der Waals surface area (Å²) in [6, 6.07) is 14.8. The first kappa shape index (κ1) is 16.1. The topological polar surface area (TPSA) is 35.8 Å². The van der Waals surface area contributed by atoms with Gasteiger partial charge in [0.2, 0.25) is 0 Å². The maximum atomic E-state index is 4.64. The molecule has 1 fully saturated rings. The van der Waals surface area contributed by atoms with E-state index in [0.29, 0.717) is 0 Å². The Morgan fingerprint density at radius 2 is 1.92 bits per heavy atom. The summed E-state index contributed by atoms with van der Waals surface area (Å²) in [7, 11) is 2.20. The van der Waals surface area contributed by atoms with Gasteiger partial charge in [-0.3, -0.25) is 4.90 Å². The molecule has 0 saturated carbocycles. The molecule has 1 aromatic carbocycles. The molecule has 0 aliphatic carbocycles. The first-order valence-electron chi connectivity index (χ1n) is 8.92. The minimum Gasteiger partial charge on any atom is -0.379 e. The largest absolute Gasteiger partial charge is 0.379 e. The van der Waals surface area contributed by atoms with Crippen LogP contribution in [0.15, 0.2) is 54.9 Å². The molecular formula is C20H25N5. The second-order valence-electron chi connectivity index (χ2n) is 6.83. The number of fused-ring (bicyclic) bond motifs is 1. The zero-order valence-corrected chi connectivity index (χ0v) is 14.7. The molecule has 1 aliphatic rings. The zero-order chi connectivity index (χ0) is 17.1. The van der Waals surface area contributed by atoms with E-state index >= 15 is 0 Å². The van der Waals surface area contributed by atoms with Gasteiger partial charge in [-0.25, -0.2) is 4.98 Å². The standard InChI is InChI=1S/C20H25N5/c1-23-9-11-24(12-10-23)15-17-5-4-6-18(13-17)21-14-19-16-25-8-3-2-7-20(25)22-19/h2-8,13,16,21H,9-12,14-15H2,1H3. The fourth-order valence-electron chi connectivity index (χ4n) is 3.31. The second kappa shape index (κ2) is 7.25. The highest BCUT2D eigenvalue weighted by atomic mass is 15.2. The van der Waals surface area contributed by atoms with Crippen molar-refractivity contribution in [1.82, 2.24) is 19.2 Å². The lowest BCUT2D eigenvalue weighted by Crippen LogP contribution is -2.43. The molecule has 0 amide bonds. The lowest BCUT2D eigenvalue weighted by Gasteiger charge is -2.32. The van der Waals surface area contributed by atoms with Crippen LogP contribution in [0.1, 0.15) is 11.3 Å². The summed E-state index contributed by atoms with van der Waals surface area (Å²) >= 11 is 0. The Balaban J connectivity index is 1.37. The molecule has 3 aromatic rings. The molecule has 1 saturated heterocycles. The molecule has 1 N–H and O–H groups in total. The van der Waals surface area contributed by atoms with Gasteiger partial charge in [0.25, 0.3) is 0 Å². The van der Waals surface area contributed by atoms with Gasteiger partial charge in [-0.15, -0.1) is 0 Å². The number of likely N-dealkylation sites (N-methyl/N-ethyl adjacent to an activating group) is 1. The van der Waals surface area contributed by atoms with Gasteiger partial charge in [-0.2, -0.15) is 0 Å². The smallest absolute Gasteiger partial charge is 0.137 e. The number of nitrogens with zero attached hydrogens (tertiary/aromatic N) is 4. The lowest BCUT2D eigenvalue weighted by molar-refractivity contribution is 0.148. The van der Waals surface area contributed by atoms with Crippen molar-refractivity contribution < 1.29 is 0 Å². The Morgan fingerprint density at radius 1 is 1.04 bits per heavy atom. The Bertz CT molecular complexity index is 800. The summed E-state index contributed by atoms with van der Waals surface area (Å²) in [6.07, 6.45) is 4.11. The maximum Gasteiger partial charge on any atom is 0.137 e. The van der Waals surface area contributed by atoms with Crippen molar-refractivity contribution >= 4 is 11.3 Å². The molecule has 1 aliphatic heterocycles. The number of piperazine rings is 1. The van der Waals surface area contributed by atoms with Gasteiger partial charge in [0, 0.05) is 50.8 Å². The van der Waals surface area contributed by atoms with E-state index < -0.39 is 0 Å². The van der Waals surface area contributed by atoms with E-state index in [1.54, 1.807) is 0 Å². The number of pyridine rings is 1. The van der Waals surface area contributed by atoms with Crippen LogP contribution in [0, 0.1) is 0 Å². The summed E-state index contributed by atoms with van der Waals surface area (Å²) < 4.78 is 2.06. The number of hydrogen-bond donors (Lipinski definition) is 1. The van der Waals surface area contributed by atoms with Gasteiger partial charge >= 0.3 is 0 Å². The highest BCUT2D eigenvalue weighted by molar-refractivity contribution is 5.47. The quantitative estimate of drug-likeness (QED) is 0.778. The van der Waals surface area contributed by atoms with Gasteiger partial charge in [0.1, 0.15) is 5.65 Å². The first-order valence-corrected chi connectivity index (χ1v) is 8.92. The summed E-state index contributed by atoms with van der Waals surface area (Å²) in [5.41, 5.74) is 4.56. The Hall–Kier alpha value is -2.37. The molecule has 0 unspecified atom stereocenters. The van der Waals surface area contributed by atoms with Crippen molar-refractivity contribution in [2.24, 2.45) is 0 Å². The predicted molar refractivity (Wildman–Crippen MR) is 102 cm³/mol. The summed E-state index contributed by atoms with van der Waals surface area (Å²) in [5, 5.41) is 3.50. The fraction of sp³-hybridized carbons (Fsp3) is 0.350. The SMILES string of the molecule is CN1CCN(Cc2cccc(NCc3cn4ccccc4n3)c2)CC1. The molecule has 5 heteroatoms. The third-order valence-electron chi connectivity index (χ3n) is 4.82. The third kappa shape index (κ3) is 4.00. The minimum atomic E-state index is 0.736. The highest BCUT2D eigenvalue weighted by Crippen LogP contribution is 2.15. The molecule has 3 heterocycles. The lowest BCUT2D eigenvalue weighted by atomic mass is 10.1. The van der Waals surface area contributed by atoms with E-state index in [0.717, 1.165) is 56.3 Å². The van der Waals surface area contributed by atoms with Crippen LogP contribution in [-0.2, 0) is 13.1 Å². The average molecular weight is 335 g/mol. The van der Waals surface area contributed by atoms with Crippen LogP contribution in [0.4, 0.5) is 5.69 Å². The van der Waals surface area contributed by atoms with Crippen molar-refractivity contribution in [3.05, 3.63) is 66.1 Å². The monoisotopic (exact) mass is 335 g/mol. The van der Waals surface area contributed by atoms with Crippen LogP contribution >= 0.6 is 0 Å². The number of nitrogens with one attached hydrogen (secondary N) is 1. The van der Waals surface area contributed by atoms with Crippen molar-refractivity contribution in [1.29, 1.82) is 0 Å². The van der Waals surface area contributed by atoms with Crippen LogP contribution in [0.25, 0.3) is 5.65 Å². The molecule has 0 spiro atoms. The van der Waals surface area contributed by atoms with E-state index in [1.165, 1.54) is 5.56 Å². The predicted octanol–water partition coefficient (Wildman–Crippen LogP) is 2.69. The Morgan fingerprint density at radius 3 is 2.76 bits per heavy atom. The molecule has 0 bridgehead atoms. The van der Waals surface area contributed by atoms with E-state index in [2.05, 4.69) is 62.0 Å². The number of aromatic nitrogens is 2. The van der Waals surface area contributed by atoms with Gasteiger partial charge in [0.15, 0.2) is 0 Å². The van der Waals surface area contributed by atoms with E-state index in [9.17, 15) is 0 Å². The molecule has 0 radical (unpaired) electrons. The van der Waals surface area contributed by atoms with Gasteiger partial charge in [-0.05, 0) is 36.9 Å². The Kier molecular flexibility index (Phi) is 4.68. The van der Waals surface area contributed by atoms with Crippen LogP contribution in [0.2, 0.25) is 0 Å². The molecular weight excluding hydrogens is 310 g/mol. The summed E-state index contributed by atoms with van der Waals surface area (Å²) in [6.45, 7) is 6.37. The average Bonchev–Trinajstić information content (AvgIpc) is 3.05. The zero-order valence-electron chi connectivity index (χ0n) is 14.7. The van der Waals surface area contributed by atoms with Crippen molar-refractivity contribution in [2.75, 3.05) is 38.5 Å². The van der Waals surface area contributed by atoms with Crippen LogP contribution in [-0.4, -0.2) is 52.4 Å². The Labute approximate surface area is 148 Å². The second-order valence-corrected chi connectivity index (χ2v) is 6.83. The first-order chi connectivity index (χ1) is 12.3. The van der Waals surface area contributed by atoms with Crippen LogP contribution < -0.4 is 5.32 Å². The summed E-state index contributed by atoms with van der Waals surface area (Å²) in [4.78, 5) is 9.56. The van der Waals surface area contributed by atoms with E-state index in [4.69, 9.17) is 0 Å². The number of benzene rings is 1. The normalized spacial score (nSPS) is 16.4. The third-order valence-corrected chi connectivity index (χ3v) is 4.82. The van der Waals surface area contributed by atoms with Crippen LogP contribution in [0.3, 0.4) is 0 Å². The van der Waals surface area contributed by atoms with Gasteiger partial charge in [-0.1, -0.05) is 18.2 Å². The molecule has 4 rings (SSSR count). The maximum absolute atomic E-state index is 4.64.